The third-order valence-corrected chi connectivity index (χ3v) is 9.52. The van der Waals surface area contributed by atoms with Crippen molar-refractivity contribution in [2.75, 3.05) is 6.61 Å². The number of rotatable bonds is 6. The van der Waals surface area contributed by atoms with Crippen molar-refractivity contribution >= 4 is 23.7 Å². The fourth-order valence-electron chi connectivity index (χ4n) is 7.91. The molecule has 4 aliphatic carbocycles. The fraction of sp³-hybridized carbons (Fsp3) is 0.643. The summed E-state index contributed by atoms with van der Waals surface area (Å²) in [6.07, 6.45) is 10.5. The Hall–Kier alpha value is -2.74. The van der Waals surface area contributed by atoms with Gasteiger partial charge in [-0.3, -0.25) is 19.2 Å². The molecule has 0 radical (unpaired) electrons. The highest BCUT2D eigenvalue weighted by molar-refractivity contribution is 5.93. The van der Waals surface area contributed by atoms with Gasteiger partial charge in [-0.05, 0) is 62.2 Å². The Balaban J connectivity index is 1.49. The normalized spacial score (nSPS) is 41.4. The van der Waals surface area contributed by atoms with Gasteiger partial charge in [0.2, 0.25) is 5.78 Å². The van der Waals surface area contributed by atoms with Gasteiger partial charge in [0, 0.05) is 31.1 Å². The zero-order valence-electron chi connectivity index (χ0n) is 21.6. The van der Waals surface area contributed by atoms with Gasteiger partial charge in [-0.1, -0.05) is 26.0 Å². The second kappa shape index (κ2) is 8.13. The van der Waals surface area contributed by atoms with Crippen molar-refractivity contribution in [3.8, 4) is 0 Å². The number of ether oxygens (including phenoxy) is 4. The minimum absolute atomic E-state index is 0.0725. The van der Waals surface area contributed by atoms with E-state index in [4.69, 9.17) is 18.9 Å². The molecule has 8 heteroatoms. The van der Waals surface area contributed by atoms with Gasteiger partial charge >= 0.3 is 17.9 Å². The molecule has 1 heterocycles. The van der Waals surface area contributed by atoms with Crippen LogP contribution in [0.5, 0.6) is 0 Å². The highest BCUT2D eigenvalue weighted by Gasteiger charge is 2.81. The Kier molecular flexibility index (Phi) is 5.63. The Morgan fingerprint density at radius 3 is 2.53 bits per heavy atom. The van der Waals surface area contributed by atoms with E-state index in [1.807, 2.05) is 19.1 Å². The van der Waals surface area contributed by atoms with Crippen molar-refractivity contribution in [3.05, 3.63) is 35.6 Å². The van der Waals surface area contributed by atoms with E-state index in [2.05, 4.69) is 19.1 Å². The Morgan fingerprint density at radius 2 is 1.86 bits per heavy atom. The van der Waals surface area contributed by atoms with Crippen LogP contribution < -0.4 is 0 Å². The number of carbonyl (C=O) groups excluding carboxylic acids is 4. The molecular weight excluding hydrogens is 464 g/mol. The van der Waals surface area contributed by atoms with E-state index in [1.165, 1.54) is 13.8 Å². The van der Waals surface area contributed by atoms with Crippen LogP contribution in [0.25, 0.3) is 0 Å². The van der Waals surface area contributed by atoms with Gasteiger partial charge < -0.3 is 18.9 Å². The first kappa shape index (κ1) is 24.9. The van der Waals surface area contributed by atoms with Crippen LogP contribution in [0.3, 0.4) is 0 Å². The number of carbonyl (C=O) groups is 4. The molecule has 3 fully saturated rings. The summed E-state index contributed by atoms with van der Waals surface area (Å²) in [4.78, 5) is 49.1. The number of Topliss-reactive ketones (excluding diaryl/α,β-unsaturated/α-hetero) is 1. The number of esters is 3. The van der Waals surface area contributed by atoms with E-state index in [9.17, 15) is 19.2 Å². The van der Waals surface area contributed by atoms with E-state index in [0.29, 0.717) is 25.0 Å². The van der Waals surface area contributed by atoms with Crippen molar-refractivity contribution in [1.29, 1.82) is 0 Å². The number of fused-ring (bicyclic) bond motifs is 3. The molecule has 7 atom stereocenters. The molecule has 1 saturated heterocycles. The molecule has 0 N–H and O–H groups in total. The molecule has 2 saturated carbocycles. The van der Waals surface area contributed by atoms with Crippen LogP contribution in [0.4, 0.5) is 0 Å². The number of ketones is 1. The molecule has 0 amide bonds. The van der Waals surface area contributed by atoms with E-state index < -0.39 is 40.6 Å². The van der Waals surface area contributed by atoms with E-state index in [-0.39, 0.29) is 36.1 Å². The molecule has 0 bridgehead atoms. The van der Waals surface area contributed by atoms with Crippen LogP contribution in [-0.2, 0) is 38.1 Å². The molecule has 5 rings (SSSR count). The van der Waals surface area contributed by atoms with Gasteiger partial charge in [-0.15, -0.1) is 0 Å². The Morgan fingerprint density at radius 1 is 1.11 bits per heavy atom. The lowest BCUT2D eigenvalue weighted by Crippen LogP contribution is -2.62. The summed E-state index contributed by atoms with van der Waals surface area (Å²) in [5.41, 5.74) is -1.78. The molecule has 0 unspecified atom stereocenters. The lowest BCUT2D eigenvalue weighted by molar-refractivity contribution is -0.187. The average molecular weight is 499 g/mol. The van der Waals surface area contributed by atoms with Crippen molar-refractivity contribution in [2.45, 2.75) is 84.0 Å². The maximum Gasteiger partial charge on any atom is 0.308 e. The van der Waals surface area contributed by atoms with Crippen LogP contribution in [0.15, 0.2) is 35.6 Å². The van der Waals surface area contributed by atoms with Gasteiger partial charge in [-0.2, -0.15) is 0 Å². The minimum atomic E-state index is -1.36. The largest absolute Gasteiger partial charge is 0.457 e. The lowest BCUT2D eigenvalue weighted by Gasteiger charge is -2.54. The number of epoxide rings is 1. The second-order valence-electron chi connectivity index (χ2n) is 11.2. The molecule has 36 heavy (non-hydrogen) atoms. The van der Waals surface area contributed by atoms with Gasteiger partial charge in [0.1, 0.15) is 11.4 Å². The first-order valence-corrected chi connectivity index (χ1v) is 12.8. The Labute approximate surface area is 211 Å². The summed E-state index contributed by atoms with van der Waals surface area (Å²) < 4.78 is 23.0. The van der Waals surface area contributed by atoms with Crippen LogP contribution in [0.1, 0.15) is 66.7 Å². The molecule has 8 nitrogen and oxygen atoms in total. The maximum atomic E-state index is 13.6. The molecule has 0 aromatic carbocycles. The number of hydrogen-bond donors (Lipinski definition) is 0. The van der Waals surface area contributed by atoms with E-state index >= 15 is 0 Å². The quantitative estimate of drug-likeness (QED) is 0.310. The summed E-state index contributed by atoms with van der Waals surface area (Å²) in [6, 6.07) is 0. The molecular formula is C28H34O8. The molecule has 194 valence electrons. The molecule has 0 aromatic rings. The predicted molar refractivity (Wildman–Crippen MR) is 127 cm³/mol. The highest BCUT2D eigenvalue weighted by Crippen LogP contribution is 2.75. The highest BCUT2D eigenvalue weighted by atomic mass is 16.6. The predicted octanol–water partition coefficient (Wildman–Crippen LogP) is 3.74. The van der Waals surface area contributed by atoms with Gasteiger partial charge in [-0.25, -0.2) is 0 Å². The first-order valence-electron chi connectivity index (χ1n) is 12.8. The van der Waals surface area contributed by atoms with E-state index in [0.717, 1.165) is 12.0 Å². The summed E-state index contributed by atoms with van der Waals surface area (Å²) in [5.74, 6) is -0.995. The van der Waals surface area contributed by atoms with Gasteiger partial charge in [0.05, 0.1) is 6.10 Å². The average Bonchev–Trinajstić information content (AvgIpc) is 3.46. The Bertz CT molecular complexity index is 1130. The van der Waals surface area contributed by atoms with Gasteiger partial charge in [0.25, 0.3) is 0 Å². The fourth-order valence-corrected chi connectivity index (χ4v) is 7.91. The zero-order valence-corrected chi connectivity index (χ0v) is 21.6. The molecule has 1 aliphatic heterocycles. The van der Waals surface area contributed by atoms with E-state index in [1.54, 1.807) is 6.92 Å². The number of hydrogen-bond acceptors (Lipinski definition) is 8. The van der Waals surface area contributed by atoms with Crippen LogP contribution >= 0.6 is 0 Å². The van der Waals surface area contributed by atoms with Crippen molar-refractivity contribution in [2.24, 2.45) is 22.7 Å². The third-order valence-electron chi connectivity index (χ3n) is 9.52. The first-order chi connectivity index (χ1) is 16.9. The van der Waals surface area contributed by atoms with Gasteiger partial charge in [0.15, 0.2) is 12.2 Å². The van der Waals surface area contributed by atoms with Crippen molar-refractivity contribution < 1.29 is 38.1 Å². The summed E-state index contributed by atoms with van der Waals surface area (Å²) in [6.45, 7) is 8.17. The van der Waals surface area contributed by atoms with Crippen molar-refractivity contribution in [3.63, 3.8) is 0 Å². The van der Waals surface area contributed by atoms with Crippen molar-refractivity contribution in [1.82, 2.24) is 0 Å². The maximum absolute atomic E-state index is 13.6. The lowest BCUT2D eigenvalue weighted by atomic mass is 9.48. The van der Waals surface area contributed by atoms with Crippen LogP contribution in [0.2, 0.25) is 0 Å². The SMILES string of the molecule is CCC(=O)OCC(=O)[C@@]1(OC(C)=O)CC[C@H]2[C@@H]3CC=C4C=C(OC(C)=O)C=C[C@]4(C)[C@@]34O[C@H]4C[C@@]21C. The molecule has 1 spiro atoms. The third kappa shape index (κ3) is 3.22. The second-order valence-corrected chi connectivity index (χ2v) is 11.2. The number of allylic oxidation sites excluding steroid dienone is 3. The molecule has 5 aliphatic rings. The topological polar surface area (TPSA) is 109 Å². The molecule has 0 aromatic heterocycles. The van der Waals surface area contributed by atoms with Crippen LogP contribution in [0, 0.1) is 22.7 Å². The minimum Gasteiger partial charge on any atom is -0.457 e. The monoisotopic (exact) mass is 498 g/mol. The zero-order chi connectivity index (χ0) is 26.1. The summed E-state index contributed by atoms with van der Waals surface area (Å²) in [7, 11) is 0. The smallest absolute Gasteiger partial charge is 0.308 e. The summed E-state index contributed by atoms with van der Waals surface area (Å²) >= 11 is 0. The standard InChI is InChI=1S/C28H34O8/c1-6-24(32)33-15-22(31)27(35-17(3)30)12-10-20-21-8-7-18-13-19(34-16(2)29)9-11-25(18,4)28(21)23(36-28)14-26(20,27)5/h7,9,11,13,20-21,23H,6,8,10,12,14-15H2,1-5H3/t20-,21-,23-,25-,26-,27-,28+/m0/s1. The van der Waals surface area contributed by atoms with Crippen LogP contribution in [-0.4, -0.2) is 47.6 Å². The summed E-state index contributed by atoms with van der Waals surface area (Å²) in [5, 5.41) is 0.